The molecule has 0 amide bonds. The Kier molecular flexibility index (Phi) is 12.4. The summed E-state index contributed by atoms with van der Waals surface area (Å²) < 4.78 is 2.59. The van der Waals surface area contributed by atoms with Crippen molar-refractivity contribution in [2.45, 2.75) is 0 Å². The van der Waals surface area contributed by atoms with Crippen LogP contribution in [0.2, 0.25) is 0 Å². The summed E-state index contributed by atoms with van der Waals surface area (Å²) in [6.45, 7) is 0. The van der Waals surface area contributed by atoms with Crippen LogP contribution in [0.25, 0.3) is 143 Å². The summed E-state index contributed by atoms with van der Waals surface area (Å²) in [6, 6.07) is 103. The highest BCUT2D eigenvalue weighted by Crippen LogP contribution is 2.44. The summed E-state index contributed by atoms with van der Waals surface area (Å²) in [5.74, 6) is 0. The lowest BCUT2D eigenvalue weighted by Gasteiger charge is -2.18. The molecule has 0 atom stereocenters. The van der Waals surface area contributed by atoms with Gasteiger partial charge in [0.1, 0.15) is 0 Å². The highest BCUT2D eigenvalue weighted by molar-refractivity contribution is 7.25. The summed E-state index contributed by atoms with van der Waals surface area (Å²) >= 11 is 1.85. The van der Waals surface area contributed by atoms with E-state index in [1.807, 2.05) is 48.0 Å². The highest BCUT2D eigenvalue weighted by Gasteiger charge is 2.18. The second-order valence-electron chi connectivity index (χ2n) is 19.9. The monoisotopic (exact) mass is 1020 g/mol. The maximum Gasteiger partial charge on any atom is 0.0715 e. The first-order valence-electron chi connectivity index (χ1n) is 26.7. The molecule has 10 aromatic carbocycles. The van der Waals surface area contributed by atoms with Gasteiger partial charge in [0, 0.05) is 54.8 Å². The number of nitrogens with zero attached hydrogens (tertiary/aromatic N) is 3. The normalized spacial score (nSPS) is 11.3. The van der Waals surface area contributed by atoms with Gasteiger partial charge in [-0.1, -0.05) is 218 Å². The minimum Gasteiger partial charge on any atom is -0.256 e. The number of rotatable bonds is 11. The van der Waals surface area contributed by atoms with E-state index in [1.165, 1.54) is 25.7 Å². The molecule has 370 valence electrons. The van der Waals surface area contributed by atoms with Crippen LogP contribution in [0.5, 0.6) is 0 Å². The first kappa shape index (κ1) is 47.3. The second-order valence-corrected chi connectivity index (χ2v) is 21.0. The predicted molar refractivity (Wildman–Crippen MR) is 333 cm³/mol. The minimum atomic E-state index is 0.931. The van der Waals surface area contributed by atoms with E-state index in [4.69, 9.17) is 4.98 Å². The first-order valence-corrected chi connectivity index (χ1v) is 27.5. The van der Waals surface area contributed by atoms with Gasteiger partial charge >= 0.3 is 0 Å². The fourth-order valence-electron chi connectivity index (χ4n) is 11.1. The number of benzene rings is 10. The molecule has 0 fully saturated rings. The number of hydrogen-bond acceptors (Lipinski definition) is 4. The third-order valence-corrected chi connectivity index (χ3v) is 16.2. The van der Waals surface area contributed by atoms with E-state index in [-0.39, 0.29) is 0 Å². The average Bonchev–Trinajstić information content (AvgIpc) is 4.02. The molecule has 0 aliphatic rings. The van der Waals surface area contributed by atoms with E-state index in [0.29, 0.717) is 0 Å². The van der Waals surface area contributed by atoms with Gasteiger partial charge in [-0.3, -0.25) is 9.97 Å². The number of pyridine rings is 3. The molecule has 4 aromatic heterocycles. The molecule has 0 aliphatic heterocycles. The Morgan fingerprint density at radius 2 is 0.557 bits per heavy atom. The number of thiophene rings is 1. The zero-order valence-corrected chi connectivity index (χ0v) is 43.9. The van der Waals surface area contributed by atoms with Crippen LogP contribution in [0.1, 0.15) is 0 Å². The fourth-order valence-corrected chi connectivity index (χ4v) is 12.2. The largest absolute Gasteiger partial charge is 0.256 e. The Labute approximate surface area is 464 Å². The van der Waals surface area contributed by atoms with Gasteiger partial charge in [0.05, 0.1) is 22.8 Å². The van der Waals surface area contributed by atoms with E-state index in [9.17, 15) is 0 Å². The van der Waals surface area contributed by atoms with Crippen LogP contribution in [0.15, 0.2) is 298 Å². The predicted octanol–water partition coefficient (Wildman–Crippen LogP) is 20.6. The van der Waals surface area contributed by atoms with Crippen LogP contribution in [0.4, 0.5) is 0 Å². The lowest BCUT2D eigenvalue weighted by atomic mass is 9.86. The van der Waals surface area contributed by atoms with E-state index in [1.54, 1.807) is 0 Å². The summed E-state index contributed by atoms with van der Waals surface area (Å²) in [5, 5.41) is 2.60. The van der Waals surface area contributed by atoms with Crippen LogP contribution in [0.3, 0.4) is 0 Å². The zero-order chi connectivity index (χ0) is 52.5. The van der Waals surface area contributed by atoms with E-state index < -0.39 is 0 Å². The second kappa shape index (κ2) is 20.8. The maximum atomic E-state index is 5.33. The quantitative estimate of drug-likeness (QED) is 0.130. The van der Waals surface area contributed by atoms with Crippen molar-refractivity contribution >= 4 is 31.5 Å². The lowest BCUT2D eigenvalue weighted by Crippen LogP contribution is -1.93. The molecule has 0 spiro atoms. The molecule has 3 nitrogen and oxygen atoms in total. The van der Waals surface area contributed by atoms with Crippen molar-refractivity contribution in [2.75, 3.05) is 0 Å². The Hall–Kier alpha value is -10.1. The molecule has 4 heterocycles. The van der Waals surface area contributed by atoms with E-state index in [2.05, 4.69) is 271 Å². The Morgan fingerprint density at radius 1 is 0.203 bits per heavy atom. The topological polar surface area (TPSA) is 38.7 Å². The smallest absolute Gasteiger partial charge is 0.0715 e. The van der Waals surface area contributed by atoms with Crippen molar-refractivity contribution < 1.29 is 0 Å². The van der Waals surface area contributed by atoms with Crippen molar-refractivity contribution in [1.29, 1.82) is 0 Å². The Bertz CT molecular complexity index is 4350. The summed E-state index contributed by atoms with van der Waals surface area (Å²) in [7, 11) is 0. The lowest BCUT2D eigenvalue weighted by molar-refractivity contribution is 1.32. The van der Waals surface area contributed by atoms with Gasteiger partial charge < -0.3 is 0 Å². The molecule has 0 aliphatic carbocycles. The van der Waals surface area contributed by atoms with Crippen LogP contribution in [-0.4, -0.2) is 15.0 Å². The molecule has 14 rings (SSSR count). The molecule has 0 unspecified atom stereocenters. The number of fused-ring (bicyclic) bond motifs is 3. The van der Waals surface area contributed by atoms with Crippen LogP contribution in [0, 0.1) is 0 Å². The van der Waals surface area contributed by atoms with Gasteiger partial charge in [0.15, 0.2) is 0 Å². The van der Waals surface area contributed by atoms with E-state index >= 15 is 0 Å². The molecule has 0 radical (unpaired) electrons. The molecule has 0 saturated carbocycles. The summed E-state index contributed by atoms with van der Waals surface area (Å²) in [6.07, 6.45) is 3.69. The molecule has 4 heteroatoms. The van der Waals surface area contributed by atoms with Gasteiger partial charge in [-0.25, -0.2) is 4.98 Å². The third-order valence-electron chi connectivity index (χ3n) is 15.1. The molecule has 79 heavy (non-hydrogen) atoms. The minimum absolute atomic E-state index is 0.931. The summed E-state index contributed by atoms with van der Waals surface area (Å²) in [5.41, 5.74) is 24.2. The zero-order valence-electron chi connectivity index (χ0n) is 43.0. The fraction of sp³-hybridized carbons (Fsp3) is 0. The van der Waals surface area contributed by atoms with Gasteiger partial charge in [-0.2, -0.15) is 0 Å². The van der Waals surface area contributed by atoms with Gasteiger partial charge in [-0.05, 0) is 145 Å². The molecular weight excluding hydrogens is 975 g/mol. The van der Waals surface area contributed by atoms with Crippen LogP contribution < -0.4 is 0 Å². The SMILES string of the molecule is c1ccc(-c2cc(-c3ccc4c(c3)sc3ccccc34)cc(-c3ccc(-c4ccccc4-c4cc(-c5ccccc5-c5ccc(-c6ccccn6)cc5)cc(-c5ccccc5-c5ccc(-c6ccccn6)cc5)c4)cc3)n2)cc1. The van der Waals surface area contributed by atoms with Gasteiger partial charge in [-0.15, -0.1) is 11.3 Å². The molecule has 14 aromatic rings. The number of aromatic nitrogens is 3. The average molecular weight is 1020 g/mol. The van der Waals surface area contributed by atoms with Gasteiger partial charge in [0.25, 0.3) is 0 Å². The molecule has 0 bridgehead atoms. The molecule has 0 N–H and O–H groups in total. The van der Waals surface area contributed by atoms with Crippen molar-refractivity contribution in [1.82, 2.24) is 15.0 Å². The van der Waals surface area contributed by atoms with Crippen LogP contribution >= 0.6 is 11.3 Å². The van der Waals surface area contributed by atoms with Crippen molar-refractivity contribution in [3.05, 3.63) is 298 Å². The van der Waals surface area contributed by atoms with Crippen LogP contribution in [-0.2, 0) is 0 Å². The summed E-state index contributed by atoms with van der Waals surface area (Å²) in [4.78, 5) is 14.6. The molecular formula is C75H49N3S. The van der Waals surface area contributed by atoms with Gasteiger partial charge in [0.2, 0.25) is 0 Å². The third kappa shape index (κ3) is 9.41. The van der Waals surface area contributed by atoms with Crippen molar-refractivity contribution in [2.24, 2.45) is 0 Å². The van der Waals surface area contributed by atoms with E-state index in [0.717, 1.165) is 117 Å². The Morgan fingerprint density at radius 3 is 1.01 bits per heavy atom. The highest BCUT2D eigenvalue weighted by atomic mass is 32.1. The first-order chi connectivity index (χ1) is 39.1. The maximum absolute atomic E-state index is 5.33. The van der Waals surface area contributed by atoms with Crippen molar-refractivity contribution in [3.8, 4) is 123 Å². The molecule has 0 saturated heterocycles. The number of hydrogen-bond donors (Lipinski definition) is 0. The Balaban J connectivity index is 0.874. The standard InChI is InChI=1S/C75H49N3S/c1-2-16-53(17-3-1)72-47-58(57-40-41-69-68-24-10-11-27-74(68)79-75(69)49-57)48-73(78-72)56-38-32-52(33-39-56)64-20-6-9-23-67(64)61-45-59(65-21-7-4-18-62(65)50-28-34-54(35-29-50)70-25-12-14-42-76-70)44-60(46-61)66-22-8-5-19-63(66)51-30-36-55(37-31-51)71-26-13-15-43-77-71/h1-49H. The van der Waals surface area contributed by atoms with Crippen molar-refractivity contribution in [3.63, 3.8) is 0 Å².